The van der Waals surface area contributed by atoms with Gasteiger partial charge in [-0.2, -0.15) is 0 Å². The van der Waals surface area contributed by atoms with Gasteiger partial charge in [0.1, 0.15) is 10.8 Å². The van der Waals surface area contributed by atoms with Crippen molar-refractivity contribution in [1.82, 2.24) is 10.2 Å². The van der Waals surface area contributed by atoms with Crippen LogP contribution in [0.15, 0.2) is 12.1 Å². The molecule has 2 aromatic rings. The maximum atomic E-state index is 5.56. The number of hydrogen-bond acceptors (Lipinski definition) is 5. The highest BCUT2D eigenvalue weighted by atomic mass is 32.1. The van der Waals surface area contributed by atoms with Crippen molar-refractivity contribution in [3.05, 3.63) is 33.8 Å². The first-order chi connectivity index (χ1) is 8.10. The Labute approximate surface area is 104 Å². The highest BCUT2D eigenvalue weighted by molar-refractivity contribution is 7.15. The lowest BCUT2D eigenvalue weighted by molar-refractivity contribution is 0.408. The number of nitrogens with zero attached hydrogens (tertiary/aromatic N) is 2. The summed E-state index contributed by atoms with van der Waals surface area (Å²) in [6.07, 6.45) is 0.764. The van der Waals surface area contributed by atoms with E-state index in [-0.39, 0.29) is 0 Å². The van der Waals surface area contributed by atoms with Gasteiger partial charge in [0.25, 0.3) is 0 Å². The third kappa shape index (κ3) is 2.55. The van der Waals surface area contributed by atoms with Crippen molar-refractivity contribution in [2.45, 2.75) is 20.3 Å². The summed E-state index contributed by atoms with van der Waals surface area (Å²) in [5.74, 6) is 0.950. The molecule has 0 atom stereocenters. The van der Waals surface area contributed by atoms with Gasteiger partial charge >= 0.3 is 0 Å². The van der Waals surface area contributed by atoms with E-state index in [1.807, 2.05) is 13.8 Å². The van der Waals surface area contributed by atoms with E-state index < -0.39 is 0 Å². The van der Waals surface area contributed by atoms with E-state index in [0.717, 1.165) is 28.3 Å². The molecule has 5 heteroatoms. The molecule has 2 N–H and O–H groups in total. The SMILES string of the molecule is COc1c(C)cc(Cc2nnc(N)s2)cc1C. The number of aromatic nitrogens is 2. The van der Waals surface area contributed by atoms with E-state index in [2.05, 4.69) is 22.3 Å². The molecule has 0 bridgehead atoms. The normalized spacial score (nSPS) is 10.5. The van der Waals surface area contributed by atoms with Crippen molar-refractivity contribution >= 4 is 16.5 Å². The van der Waals surface area contributed by atoms with Gasteiger partial charge in [-0.1, -0.05) is 23.5 Å². The second kappa shape index (κ2) is 4.71. The predicted octanol–water partition coefficient (Wildman–Crippen LogP) is 2.34. The van der Waals surface area contributed by atoms with Crippen LogP contribution < -0.4 is 10.5 Å². The van der Waals surface area contributed by atoms with Gasteiger partial charge in [-0.25, -0.2) is 0 Å². The summed E-state index contributed by atoms with van der Waals surface area (Å²) in [6.45, 7) is 4.09. The standard InChI is InChI=1S/C12H15N3OS/c1-7-4-9(5-8(2)11(7)16-3)6-10-14-15-12(13)17-10/h4-5H,6H2,1-3H3,(H2,13,15). The van der Waals surface area contributed by atoms with Crippen molar-refractivity contribution in [2.24, 2.45) is 0 Å². The van der Waals surface area contributed by atoms with Crippen LogP contribution in [0.2, 0.25) is 0 Å². The molecular formula is C12H15N3OS. The molecule has 1 heterocycles. The molecule has 90 valence electrons. The number of aryl methyl sites for hydroxylation is 2. The van der Waals surface area contributed by atoms with Gasteiger partial charge in [-0.15, -0.1) is 10.2 Å². The van der Waals surface area contributed by atoms with Gasteiger partial charge < -0.3 is 10.5 Å². The Morgan fingerprint density at radius 2 is 1.88 bits per heavy atom. The zero-order chi connectivity index (χ0) is 12.4. The second-order valence-corrected chi connectivity index (χ2v) is 5.07. The number of ether oxygens (including phenoxy) is 1. The zero-order valence-corrected chi connectivity index (χ0v) is 11.0. The highest BCUT2D eigenvalue weighted by Crippen LogP contribution is 2.26. The largest absolute Gasteiger partial charge is 0.496 e. The topological polar surface area (TPSA) is 61.0 Å². The van der Waals surface area contributed by atoms with E-state index in [4.69, 9.17) is 10.5 Å². The summed E-state index contributed by atoms with van der Waals surface area (Å²) in [5, 5.41) is 9.29. The Hall–Kier alpha value is -1.62. The molecule has 0 aliphatic rings. The average molecular weight is 249 g/mol. The smallest absolute Gasteiger partial charge is 0.203 e. The van der Waals surface area contributed by atoms with Crippen molar-refractivity contribution in [2.75, 3.05) is 12.8 Å². The van der Waals surface area contributed by atoms with Crippen LogP contribution in [0.4, 0.5) is 5.13 Å². The third-order valence-corrected chi connectivity index (χ3v) is 3.31. The molecule has 17 heavy (non-hydrogen) atoms. The van der Waals surface area contributed by atoms with E-state index in [0.29, 0.717) is 5.13 Å². The van der Waals surface area contributed by atoms with E-state index in [1.54, 1.807) is 7.11 Å². The monoisotopic (exact) mass is 249 g/mol. The number of anilines is 1. The predicted molar refractivity (Wildman–Crippen MR) is 69.6 cm³/mol. The Kier molecular flexibility index (Phi) is 3.28. The highest BCUT2D eigenvalue weighted by Gasteiger charge is 2.08. The van der Waals surface area contributed by atoms with E-state index in [9.17, 15) is 0 Å². The fourth-order valence-electron chi connectivity index (χ4n) is 1.98. The number of methoxy groups -OCH3 is 1. The van der Waals surface area contributed by atoms with Gasteiger partial charge in [0, 0.05) is 6.42 Å². The molecule has 2 rings (SSSR count). The summed E-state index contributed by atoms with van der Waals surface area (Å²) < 4.78 is 5.34. The first-order valence-electron chi connectivity index (χ1n) is 5.32. The quantitative estimate of drug-likeness (QED) is 0.907. The molecule has 0 radical (unpaired) electrons. The molecule has 1 aromatic heterocycles. The Bertz CT molecular complexity index is 513. The minimum Gasteiger partial charge on any atom is -0.496 e. The van der Waals surface area contributed by atoms with Crippen molar-refractivity contribution < 1.29 is 4.74 Å². The minimum absolute atomic E-state index is 0.516. The van der Waals surface area contributed by atoms with Gasteiger partial charge in [0.05, 0.1) is 7.11 Å². The first-order valence-corrected chi connectivity index (χ1v) is 6.13. The lowest BCUT2D eigenvalue weighted by Crippen LogP contribution is -1.95. The van der Waals surface area contributed by atoms with Gasteiger partial charge in [-0.3, -0.25) is 0 Å². The average Bonchev–Trinajstić information content (AvgIpc) is 2.63. The molecule has 0 aliphatic carbocycles. The summed E-state index contributed by atoms with van der Waals surface area (Å²) in [6, 6.07) is 4.23. The Balaban J connectivity index is 2.28. The number of benzene rings is 1. The van der Waals surface area contributed by atoms with E-state index >= 15 is 0 Å². The van der Waals surface area contributed by atoms with Crippen molar-refractivity contribution in [1.29, 1.82) is 0 Å². The van der Waals surface area contributed by atoms with Crippen LogP contribution in [0.25, 0.3) is 0 Å². The molecule has 1 aromatic carbocycles. The number of hydrogen-bond donors (Lipinski definition) is 1. The fourth-order valence-corrected chi connectivity index (χ4v) is 2.62. The van der Waals surface area contributed by atoms with Crippen molar-refractivity contribution in [3.63, 3.8) is 0 Å². The minimum atomic E-state index is 0.516. The van der Waals surface area contributed by atoms with Crippen LogP contribution in [0.5, 0.6) is 5.75 Å². The lowest BCUT2D eigenvalue weighted by Gasteiger charge is -2.10. The second-order valence-electron chi connectivity index (χ2n) is 3.97. The lowest BCUT2D eigenvalue weighted by atomic mass is 10.0. The van der Waals surface area contributed by atoms with Crippen LogP contribution in [0.3, 0.4) is 0 Å². The summed E-state index contributed by atoms with van der Waals surface area (Å²) in [4.78, 5) is 0. The molecule has 0 aliphatic heterocycles. The van der Waals surface area contributed by atoms with Gasteiger partial charge in [-0.05, 0) is 30.5 Å². The van der Waals surface area contributed by atoms with Crippen molar-refractivity contribution in [3.8, 4) is 5.75 Å². The van der Waals surface area contributed by atoms with Crippen LogP contribution in [-0.2, 0) is 6.42 Å². The van der Waals surface area contributed by atoms with Gasteiger partial charge in [0.2, 0.25) is 5.13 Å². The number of rotatable bonds is 3. The molecule has 0 spiro atoms. The van der Waals surface area contributed by atoms with Crippen LogP contribution in [0.1, 0.15) is 21.7 Å². The summed E-state index contributed by atoms with van der Waals surface area (Å²) >= 11 is 1.43. The van der Waals surface area contributed by atoms with Gasteiger partial charge in [0.15, 0.2) is 0 Å². The Morgan fingerprint density at radius 3 is 2.35 bits per heavy atom. The summed E-state index contributed by atoms with van der Waals surface area (Å²) in [5.41, 5.74) is 9.05. The first kappa shape index (κ1) is 11.9. The number of nitrogen functional groups attached to an aromatic ring is 1. The van der Waals surface area contributed by atoms with Crippen LogP contribution >= 0.6 is 11.3 Å². The maximum absolute atomic E-state index is 5.56. The molecule has 0 unspecified atom stereocenters. The van der Waals surface area contributed by atoms with E-state index in [1.165, 1.54) is 16.9 Å². The molecule has 0 amide bonds. The molecule has 4 nitrogen and oxygen atoms in total. The molecule has 0 fully saturated rings. The maximum Gasteiger partial charge on any atom is 0.203 e. The third-order valence-electron chi connectivity index (χ3n) is 2.56. The molecular weight excluding hydrogens is 234 g/mol. The van der Waals surface area contributed by atoms with Crippen LogP contribution in [-0.4, -0.2) is 17.3 Å². The molecule has 0 saturated heterocycles. The Morgan fingerprint density at radius 1 is 1.24 bits per heavy atom. The van der Waals surface area contributed by atoms with Crippen LogP contribution in [0, 0.1) is 13.8 Å². The summed E-state index contributed by atoms with van der Waals surface area (Å²) in [7, 11) is 1.69. The number of nitrogens with two attached hydrogens (primary N) is 1. The zero-order valence-electron chi connectivity index (χ0n) is 10.2. The fraction of sp³-hybridized carbons (Fsp3) is 0.333. The molecule has 0 saturated carbocycles.